The molecule has 2 atom stereocenters. The lowest BCUT2D eigenvalue weighted by molar-refractivity contribution is 0.0963. The highest BCUT2D eigenvalue weighted by Crippen LogP contribution is 2.20. The number of aliphatic hydroxyl groups excluding tert-OH is 1. The number of sulfonamides is 1. The van der Waals surface area contributed by atoms with E-state index in [0.29, 0.717) is 18.7 Å². The summed E-state index contributed by atoms with van der Waals surface area (Å²) in [7, 11) is -0.746. The second kappa shape index (κ2) is 6.10. The summed E-state index contributed by atoms with van der Waals surface area (Å²) in [5, 5.41) is 15.2. The quantitative estimate of drug-likeness (QED) is 0.662. The van der Waals surface area contributed by atoms with Crippen LogP contribution in [0.3, 0.4) is 0 Å². The second-order valence-corrected chi connectivity index (χ2v) is 6.92. The van der Waals surface area contributed by atoms with E-state index in [1.54, 1.807) is 0 Å². The predicted octanol–water partition coefficient (Wildman–Crippen LogP) is -1.00. The highest BCUT2D eigenvalue weighted by Gasteiger charge is 2.35. The average Bonchev–Trinajstić information content (AvgIpc) is 2.91. The molecule has 0 saturated carbocycles. The Kier molecular flexibility index (Phi) is 4.62. The maximum Gasteiger partial charge on any atom is 0.251 e. The van der Waals surface area contributed by atoms with E-state index in [2.05, 4.69) is 10.6 Å². The molecule has 1 aromatic rings. The van der Waals surface area contributed by atoms with Crippen molar-refractivity contribution in [3.05, 3.63) is 29.8 Å². The average molecular weight is 313 g/mol. The Balaban J connectivity index is 2.25. The van der Waals surface area contributed by atoms with Gasteiger partial charge in [0, 0.05) is 32.7 Å². The molecule has 0 aliphatic carbocycles. The van der Waals surface area contributed by atoms with Gasteiger partial charge in [0.15, 0.2) is 0 Å². The normalized spacial score (nSPS) is 22.5. The molecular weight excluding hydrogens is 294 g/mol. The summed E-state index contributed by atoms with van der Waals surface area (Å²) in [5.41, 5.74) is 0.390. The molecule has 1 aromatic carbocycles. The molecule has 1 amide bonds. The lowest BCUT2D eigenvalue weighted by atomic mass is 10.2. The zero-order chi connectivity index (χ0) is 15.6. The van der Waals surface area contributed by atoms with Gasteiger partial charge >= 0.3 is 0 Å². The van der Waals surface area contributed by atoms with E-state index in [0.717, 1.165) is 0 Å². The first-order chi connectivity index (χ1) is 9.87. The van der Waals surface area contributed by atoms with Crippen molar-refractivity contribution in [3.8, 4) is 0 Å². The van der Waals surface area contributed by atoms with Gasteiger partial charge in [-0.15, -0.1) is 0 Å². The smallest absolute Gasteiger partial charge is 0.251 e. The SMILES string of the molecule is CNC(=O)c1ccc(S(=O)(=O)N(C)[C@H]2CNC[C@@H]2O)cc1. The summed E-state index contributed by atoms with van der Waals surface area (Å²) in [6.45, 7) is 0.785. The Labute approximate surface area is 124 Å². The maximum absolute atomic E-state index is 12.5. The van der Waals surface area contributed by atoms with Crippen molar-refractivity contribution in [1.29, 1.82) is 0 Å². The van der Waals surface area contributed by atoms with Crippen molar-refractivity contribution in [2.45, 2.75) is 17.0 Å². The van der Waals surface area contributed by atoms with Gasteiger partial charge in [-0.2, -0.15) is 4.31 Å². The van der Waals surface area contributed by atoms with Crippen LogP contribution in [0, 0.1) is 0 Å². The summed E-state index contributed by atoms with van der Waals surface area (Å²) < 4.78 is 26.2. The molecule has 1 fully saturated rings. The van der Waals surface area contributed by atoms with Crippen LogP contribution in [0.25, 0.3) is 0 Å². The molecule has 0 bridgehead atoms. The summed E-state index contributed by atoms with van der Waals surface area (Å²) >= 11 is 0. The molecule has 1 saturated heterocycles. The maximum atomic E-state index is 12.5. The minimum atomic E-state index is -3.70. The molecule has 2 rings (SSSR count). The predicted molar refractivity (Wildman–Crippen MR) is 77.4 cm³/mol. The van der Waals surface area contributed by atoms with Gasteiger partial charge in [0.2, 0.25) is 10.0 Å². The fourth-order valence-electron chi connectivity index (χ4n) is 2.29. The first-order valence-corrected chi connectivity index (χ1v) is 8.01. The van der Waals surface area contributed by atoms with Crippen LogP contribution in [-0.4, -0.2) is 63.1 Å². The number of amides is 1. The van der Waals surface area contributed by atoms with Crippen molar-refractivity contribution in [3.63, 3.8) is 0 Å². The van der Waals surface area contributed by atoms with E-state index < -0.39 is 22.2 Å². The molecule has 116 valence electrons. The van der Waals surface area contributed by atoms with Gasteiger partial charge in [0.1, 0.15) is 0 Å². The van der Waals surface area contributed by atoms with Crippen LogP contribution >= 0.6 is 0 Å². The number of hydrogen-bond acceptors (Lipinski definition) is 5. The Bertz CT molecular complexity index is 615. The van der Waals surface area contributed by atoms with Gasteiger partial charge in [-0.25, -0.2) is 8.42 Å². The lowest BCUT2D eigenvalue weighted by Gasteiger charge is -2.25. The fraction of sp³-hybridized carbons (Fsp3) is 0.462. The van der Waals surface area contributed by atoms with E-state index in [1.807, 2.05) is 0 Å². The Morgan fingerprint density at radius 3 is 2.43 bits per heavy atom. The van der Waals surface area contributed by atoms with Gasteiger partial charge in [-0.05, 0) is 24.3 Å². The highest BCUT2D eigenvalue weighted by atomic mass is 32.2. The molecule has 1 heterocycles. The fourth-order valence-corrected chi connectivity index (χ4v) is 3.67. The Hall–Kier alpha value is -1.48. The molecule has 0 spiro atoms. The van der Waals surface area contributed by atoms with Gasteiger partial charge in [0.25, 0.3) is 5.91 Å². The van der Waals surface area contributed by atoms with Crippen molar-refractivity contribution in [2.24, 2.45) is 0 Å². The number of nitrogens with one attached hydrogen (secondary N) is 2. The number of carbonyl (C=O) groups excluding carboxylic acids is 1. The van der Waals surface area contributed by atoms with E-state index in [4.69, 9.17) is 0 Å². The van der Waals surface area contributed by atoms with Crippen LogP contribution < -0.4 is 10.6 Å². The third-order valence-electron chi connectivity index (χ3n) is 3.64. The molecule has 21 heavy (non-hydrogen) atoms. The Morgan fingerprint density at radius 2 is 1.95 bits per heavy atom. The third-order valence-corrected chi connectivity index (χ3v) is 5.54. The first-order valence-electron chi connectivity index (χ1n) is 6.57. The summed E-state index contributed by atoms with van der Waals surface area (Å²) in [5.74, 6) is -0.275. The van der Waals surface area contributed by atoms with E-state index in [9.17, 15) is 18.3 Å². The standard InChI is InChI=1S/C13H19N3O4S/c1-14-13(18)9-3-5-10(6-4-9)21(19,20)16(2)11-7-15-8-12(11)17/h3-6,11-12,15,17H,7-8H2,1-2H3,(H,14,18)/t11-,12-/m0/s1. The zero-order valence-electron chi connectivity index (χ0n) is 11.9. The Morgan fingerprint density at radius 1 is 1.33 bits per heavy atom. The highest BCUT2D eigenvalue weighted by molar-refractivity contribution is 7.89. The van der Waals surface area contributed by atoms with Crippen molar-refractivity contribution in [1.82, 2.24) is 14.9 Å². The van der Waals surface area contributed by atoms with Crippen LogP contribution in [0.4, 0.5) is 0 Å². The van der Waals surface area contributed by atoms with Gasteiger partial charge in [-0.1, -0.05) is 0 Å². The van der Waals surface area contributed by atoms with Crippen molar-refractivity contribution in [2.75, 3.05) is 27.2 Å². The van der Waals surface area contributed by atoms with Gasteiger partial charge in [0.05, 0.1) is 17.0 Å². The lowest BCUT2D eigenvalue weighted by Crippen LogP contribution is -2.44. The molecule has 8 heteroatoms. The number of rotatable bonds is 4. The summed E-state index contributed by atoms with van der Waals surface area (Å²) in [6, 6.07) is 5.22. The third kappa shape index (κ3) is 3.08. The number of aliphatic hydroxyl groups is 1. The number of hydrogen-bond donors (Lipinski definition) is 3. The molecule has 0 radical (unpaired) electrons. The van der Waals surface area contributed by atoms with Gasteiger partial charge in [-0.3, -0.25) is 4.79 Å². The molecule has 7 nitrogen and oxygen atoms in total. The number of benzene rings is 1. The monoisotopic (exact) mass is 313 g/mol. The second-order valence-electron chi connectivity index (χ2n) is 4.92. The minimum absolute atomic E-state index is 0.0942. The van der Waals surface area contributed by atoms with Gasteiger partial charge < -0.3 is 15.7 Å². The zero-order valence-corrected chi connectivity index (χ0v) is 12.7. The van der Waals surface area contributed by atoms with E-state index >= 15 is 0 Å². The summed E-state index contributed by atoms with van der Waals surface area (Å²) in [6.07, 6.45) is -0.727. The van der Waals surface area contributed by atoms with Crippen LogP contribution in [0.15, 0.2) is 29.2 Å². The minimum Gasteiger partial charge on any atom is -0.390 e. The van der Waals surface area contributed by atoms with Crippen LogP contribution in [-0.2, 0) is 10.0 Å². The number of likely N-dealkylation sites (N-methyl/N-ethyl adjacent to an activating group) is 1. The van der Waals surface area contributed by atoms with E-state index in [-0.39, 0.29) is 10.8 Å². The molecule has 1 aliphatic heterocycles. The number of β-amino-alcohol motifs (C(OH)–C–C–N with tert-alkyl or cyclic N) is 1. The molecule has 0 unspecified atom stereocenters. The number of carbonyl (C=O) groups is 1. The molecule has 0 aromatic heterocycles. The van der Waals surface area contributed by atoms with Crippen LogP contribution in [0.2, 0.25) is 0 Å². The largest absolute Gasteiger partial charge is 0.390 e. The van der Waals surface area contributed by atoms with Crippen molar-refractivity contribution >= 4 is 15.9 Å². The molecule has 1 aliphatic rings. The van der Waals surface area contributed by atoms with Crippen molar-refractivity contribution < 1.29 is 18.3 Å². The summed E-state index contributed by atoms with van der Waals surface area (Å²) in [4.78, 5) is 11.5. The van der Waals surface area contributed by atoms with E-state index in [1.165, 1.54) is 42.7 Å². The topological polar surface area (TPSA) is 98.7 Å². The van der Waals surface area contributed by atoms with Crippen LogP contribution in [0.1, 0.15) is 10.4 Å². The number of nitrogens with zero attached hydrogens (tertiary/aromatic N) is 1. The first kappa shape index (κ1) is 15.9. The van der Waals surface area contributed by atoms with Crippen LogP contribution in [0.5, 0.6) is 0 Å². The molecular formula is C13H19N3O4S. The molecule has 3 N–H and O–H groups in total.